The summed E-state index contributed by atoms with van der Waals surface area (Å²) in [4.78, 5) is 2.27. The molecule has 1 unspecified atom stereocenters. The Labute approximate surface area is 117 Å². The van der Waals surface area contributed by atoms with Gasteiger partial charge in [-0.05, 0) is 44.5 Å². The van der Waals surface area contributed by atoms with Gasteiger partial charge in [-0.1, -0.05) is 15.9 Å². The lowest BCUT2D eigenvalue weighted by atomic mass is 10.0. The van der Waals surface area contributed by atoms with Gasteiger partial charge in [0, 0.05) is 35.3 Å². The molecular weight excluding hydrogens is 292 g/mol. The van der Waals surface area contributed by atoms with E-state index in [0.29, 0.717) is 13.1 Å². The van der Waals surface area contributed by atoms with Gasteiger partial charge in [-0.2, -0.15) is 0 Å². The minimum Gasteiger partial charge on any atom is -0.390 e. The highest BCUT2D eigenvalue weighted by molar-refractivity contribution is 9.10. The van der Waals surface area contributed by atoms with Crippen LogP contribution in [0.25, 0.3) is 0 Å². The zero-order valence-electron chi connectivity index (χ0n) is 11.2. The zero-order valence-corrected chi connectivity index (χ0v) is 12.8. The van der Waals surface area contributed by atoms with Crippen LogP contribution < -0.4 is 10.2 Å². The minimum absolute atomic E-state index is 0.0109. The van der Waals surface area contributed by atoms with Gasteiger partial charge in [0.25, 0.3) is 0 Å². The summed E-state index contributed by atoms with van der Waals surface area (Å²) in [5.74, 6) is 0. The Morgan fingerprint density at radius 1 is 1.44 bits per heavy atom. The van der Waals surface area contributed by atoms with Gasteiger partial charge in [0.2, 0.25) is 0 Å². The molecule has 1 heterocycles. The Hall–Kier alpha value is -0.580. The lowest BCUT2D eigenvalue weighted by molar-refractivity contribution is 0.179. The van der Waals surface area contributed by atoms with Gasteiger partial charge < -0.3 is 15.3 Å². The number of nitrogens with one attached hydrogen (secondary N) is 1. The molecular formula is C14H21BrN2O. The van der Waals surface area contributed by atoms with Crippen molar-refractivity contribution >= 4 is 21.6 Å². The number of halogens is 1. The fourth-order valence-electron chi connectivity index (χ4n) is 2.47. The number of hydrogen-bond donors (Lipinski definition) is 2. The molecule has 18 heavy (non-hydrogen) atoms. The molecule has 2 rings (SSSR count). The summed E-state index contributed by atoms with van der Waals surface area (Å²) in [5, 5.41) is 13.4. The Morgan fingerprint density at radius 2 is 2.17 bits per heavy atom. The Balaban J connectivity index is 2.29. The molecule has 1 fully saturated rings. The smallest absolute Gasteiger partial charge is 0.0839 e. The summed E-state index contributed by atoms with van der Waals surface area (Å²) in [6, 6.07) is 6.29. The van der Waals surface area contributed by atoms with E-state index in [0.717, 1.165) is 11.0 Å². The van der Waals surface area contributed by atoms with E-state index in [1.54, 1.807) is 0 Å². The molecule has 1 atom stereocenters. The number of aryl methyl sites for hydroxylation is 1. The molecule has 3 nitrogen and oxygen atoms in total. The van der Waals surface area contributed by atoms with Crippen LogP contribution in [0, 0.1) is 6.92 Å². The molecule has 0 spiro atoms. The molecule has 0 aromatic heterocycles. The lowest BCUT2D eigenvalue weighted by Gasteiger charge is -2.32. The zero-order chi connectivity index (χ0) is 13.3. The van der Waals surface area contributed by atoms with Crippen molar-refractivity contribution in [1.29, 1.82) is 0 Å². The topological polar surface area (TPSA) is 35.5 Å². The Bertz CT molecular complexity index is 434. The summed E-state index contributed by atoms with van der Waals surface area (Å²) in [5.41, 5.74) is 2.44. The first-order valence-corrected chi connectivity index (χ1v) is 7.11. The second-order valence-corrected chi connectivity index (χ2v) is 6.65. The second-order valence-electron chi connectivity index (χ2n) is 5.73. The number of aliphatic hydroxyl groups is 1. The van der Waals surface area contributed by atoms with Gasteiger partial charge in [0.15, 0.2) is 0 Å². The highest BCUT2D eigenvalue weighted by Crippen LogP contribution is 2.26. The van der Waals surface area contributed by atoms with E-state index in [1.807, 2.05) is 0 Å². The fourth-order valence-corrected chi connectivity index (χ4v) is 2.94. The van der Waals surface area contributed by atoms with Crippen molar-refractivity contribution in [2.24, 2.45) is 0 Å². The van der Waals surface area contributed by atoms with Crippen molar-refractivity contribution in [3.05, 3.63) is 28.2 Å². The minimum atomic E-state index is -0.324. The molecule has 2 N–H and O–H groups in total. The van der Waals surface area contributed by atoms with E-state index < -0.39 is 0 Å². The monoisotopic (exact) mass is 312 g/mol. The highest BCUT2D eigenvalue weighted by atomic mass is 79.9. The van der Waals surface area contributed by atoms with Crippen LogP contribution in [-0.2, 0) is 0 Å². The molecule has 100 valence electrons. The van der Waals surface area contributed by atoms with Crippen molar-refractivity contribution in [3.8, 4) is 0 Å². The third-order valence-corrected chi connectivity index (χ3v) is 3.83. The standard InChI is InChI=1S/C14H21BrN2O/c1-10-6-11(15)4-5-13(10)17-8-12(18)7-16-14(2,3)9-17/h4-6,12,16,18H,7-9H2,1-3H3. The molecule has 0 amide bonds. The van der Waals surface area contributed by atoms with Crippen molar-refractivity contribution in [1.82, 2.24) is 5.32 Å². The van der Waals surface area contributed by atoms with Gasteiger partial charge in [-0.3, -0.25) is 0 Å². The average Bonchev–Trinajstić information content (AvgIpc) is 2.37. The van der Waals surface area contributed by atoms with Crippen LogP contribution in [0.5, 0.6) is 0 Å². The van der Waals surface area contributed by atoms with Gasteiger partial charge in [0.05, 0.1) is 6.10 Å². The maximum atomic E-state index is 9.99. The van der Waals surface area contributed by atoms with Crippen molar-refractivity contribution in [2.45, 2.75) is 32.4 Å². The third-order valence-electron chi connectivity index (χ3n) is 3.33. The van der Waals surface area contributed by atoms with E-state index in [4.69, 9.17) is 0 Å². The van der Waals surface area contributed by atoms with Crippen LogP contribution in [0.2, 0.25) is 0 Å². The van der Waals surface area contributed by atoms with E-state index in [1.165, 1.54) is 11.3 Å². The second kappa shape index (κ2) is 5.19. The number of benzene rings is 1. The molecule has 0 bridgehead atoms. The largest absolute Gasteiger partial charge is 0.390 e. The summed E-state index contributed by atoms with van der Waals surface area (Å²) in [6.45, 7) is 8.68. The first kappa shape index (κ1) is 13.8. The first-order valence-electron chi connectivity index (χ1n) is 6.31. The number of anilines is 1. The van der Waals surface area contributed by atoms with Gasteiger partial charge in [-0.25, -0.2) is 0 Å². The predicted octanol–water partition coefficient (Wildman–Crippen LogP) is 2.31. The number of nitrogens with zero attached hydrogens (tertiary/aromatic N) is 1. The molecule has 0 saturated carbocycles. The van der Waals surface area contributed by atoms with Crippen molar-refractivity contribution < 1.29 is 5.11 Å². The molecule has 4 heteroatoms. The first-order chi connectivity index (χ1) is 8.37. The normalized spacial score (nSPS) is 23.8. The Morgan fingerprint density at radius 3 is 2.83 bits per heavy atom. The van der Waals surface area contributed by atoms with Crippen molar-refractivity contribution in [3.63, 3.8) is 0 Å². The predicted molar refractivity (Wildman–Crippen MR) is 79.2 cm³/mol. The van der Waals surface area contributed by atoms with Crippen LogP contribution in [-0.4, -0.2) is 36.4 Å². The summed E-state index contributed by atoms with van der Waals surface area (Å²) < 4.78 is 1.09. The van der Waals surface area contributed by atoms with E-state index in [-0.39, 0.29) is 11.6 Å². The van der Waals surface area contributed by atoms with E-state index in [9.17, 15) is 5.11 Å². The lowest BCUT2D eigenvalue weighted by Crippen LogP contribution is -2.46. The third kappa shape index (κ3) is 3.25. The average molecular weight is 313 g/mol. The van der Waals surface area contributed by atoms with Crippen molar-refractivity contribution in [2.75, 3.05) is 24.5 Å². The summed E-state index contributed by atoms with van der Waals surface area (Å²) in [6.07, 6.45) is -0.324. The molecule has 1 aliphatic rings. The van der Waals surface area contributed by atoms with Crippen LogP contribution in [0.15, 0.2) is 22.7 Å². The number of rotatable bonds is 1. The van der Waals surface area contributed by atoms with Crippen LogP contribution in [0.3, 0.4) is 0 Å². The summed E-state index contributed by atoms with van der Waals surface area (Å²) in [7, 11) is 0. The molecule has 1 aromatic rings. The van der Waals surface area contributed by atoms with E-state index in [2.05, 4.69) is 65.1 Å². The summed E-state index contributed by atoms with van der Waals surface area (Å²) >= 11 is 3.49. The Kier molecular flexibility index (Phi) is 3.99. The van der Waals surface area contributed by atoms with Gasteiger partial charge in [-0.15, -0.1) is 0 Å². The molecule has 1 saturated heterocycles. The van der Waals surface area contributed by atoms with Gasteiger partial charge >= 0.3 is 0 Å². The number of hydrogen-bond acceptors (Lipinski definition) is 3. The van der Waals surface area contributed by atoms with Crippen LogP contribution in [0.1, 0.15) is 19.4 Å². The quantitative estimate of drug-likeness (QED) is 0.835. The number of β-amino-alcohol motifs (C(OH)–C–C–N with tert-alkyl or cyclic N) is 1. The highest BCUT2D eigenvalue weighted by Gasteiger charge is 2.28. The maximum Gasteiger partial charge on any atom is 0.0839 e. The molecule has 0 aliphatic carbocycles. The molecule has 1 aliphatic heterocycles. The van der Waals surface area contributed by atoms with Gasteiger partial charge in [0.1, 0.15) is 0 Å². The van der Waals surface area contributed by atoms with Crippen LogP contribution >= 0.6 is 15.9 Å². The SMILES string of the molecule is Cc1cc(Br)ccc1N1CC(O)CNC(C)(C)C1. The maximum absolute atomic E-state index is 9.99. The van der Waals surface area contributed by atoms with E-state index >= 15 is 0 Å². The molecule has 0 radical (unpaired) electrons. The van der Waals surface area contributed by atoms with Crippen LogP contribution in [0.4, 0.5) is 5.69 Å². The number of aliphatic hydroxyl groups excluding tert-OH is 1. The molecule has 1 aromatic carbocycles. The fraction of sp³-hybridized carbons (Fsp3) is 0.571.